The van der Waals surface area contributed by atoms with Gasteiger partial charge in [-0.25, -0.2) is 10.4 Å². The third-order valence-corrected chi connectivity index (χ3v) is 7.91. The van der Waals surface area contributed by atoms with E-state index in [4.69, 9.17) is 0 Å². The van der Waals surface area contributed by atoms with Crippen LogP contribution in [0.2, 0.25) is 0 Å². The lowest BCUT2D eigenvalue weighted by Crippen LogP contribution is -2.59. The standard InChI is InChI=1S/C28H28N4O3/c33-24-3-1-2-20-8-9-23(30-25(20)24)16-29-32-27(35)22-6-4-21(5-7-22)26(34)31-28-13-17-10-18(14-28)12-19(11-17)15-28/h1-9,16-19,33H,10-15H2,(H,31,34)(H,32,35)/b29-16+. The molecule has 35 heavy (non-hydrogen) atoms. The van der Waals surface area contributed by atoms with Crippen LogP contribution in [0.4, 0.5) is 0 Å². The second-order valence-electron chi connectivity index (χ2n) is 10.5. The predicted octanol–water partition coefficient (Wildman–Crippen LogP) is 4.40. The first kappa shape index (κ1) is 21.8. The van der Waals surface area contributed by atoms with Crippen molar-refractivity contribution >= 4 is 28.9 Å². The summed E-state index contributed by atoms with van der Waals surface area (Å²) in [6.07, 6.45) is 8.75. The zero-order valence-electron chi connectivity index (χ0n) is 19.4. The highest BCUT2D eigenvalue weighted by Gasteiger charge is 2.51. The number of fused-ring (bicyclic) bond motifs is 1. The molecule has 4 bridgehead atoms. The van der Waals surface area contributed by atoms with Gasteiger partial charge in [-0.3, -0.25) is 9.59 Å². The summed E-state index contributed by atoms with van der Waals surface area (Å²) in [4.78, 5) is 29.8. The first-order valence-corrected chi connectivity index (χ1v) is 12.3. The van der Waals surface area contributed by atoms with E-state index in [1.807, 2.05) is 12.1 Å². The Labute approximate surface area is 203 Å². The number of benzene rings is 2. The van der Waals surface area contributed by atoms with Gasteiger partial charge >= 0.3 is 0 Å². The Hall–Kier alpha value is -3.74. The van der Waals surface area contributed by atoms with E-state index in [-0.39, 0.29) is 23.1 Å². The maximum atomic E-state index is 13.0. The summed E-state index contributed by atoms with van der Waals surface area (Å²) in [5, 5.41) is 18.1. The van der Waals surface area contributed by atoms with Crippen molar-refractivity contribution in [2.75, 3.05) is 0 Å². The number of carbonyl (C=O) groups excluding carboxylic acids is 2. The zero-order chi connectivity index (χ0) is 24.0. The van der Waals surface area contributed by atoms with Gasteiger partial charge in [-0.2, -0.15) is 5.10 Å². The smallest absolute Gasteiger partial charge is 0.271 e. The molecule has 4 saturated carbocycles. The van der Waals surface area contributed by atoms with Crippen molar-refractivity contribution in [3.05, 3.63) is 71.4 Å². The molecule has 178 valence electrons. The van der Waals surface area contributed by atoms with E-state index in [1.165, 1.54) is 25.5 Å². The Morgan fingerprint density at radius 2 is 1.51 bits per heavy atom. The Morgan fingerprint density at radius 1 is 0.886 bits per heavy atom. The lowest BCUT2D eigenvalue weighted by atomic mass is 9.53. The maximum Gasteiger partial charge on any atom is 0.271 e. The number of nitrogens with one attached hydrogen (secondary N) is 2. The molecule has 7 rings (SSSR count). The van der Waals surface area contributed by atoms with Gasteiger partial charge < -0.3 is 10.4 Å². The number of carbonyl (C=O) groups is 2. The topological polar surface area (TPSA) is 104 Å². The number of para-hydroxylation sites is 1. The Balaban J connectivity index is 1.08. The van der Waals surface area contributed by atoms with Crippen LogP contribution in [0.25, 0.3) is 10.9 Å². The van der Waals surface area contributed by atoms with Crippen molar-refractivity contribution in [1.82, 2.24) is 15.7 Å². The number of hydrogen-bond acceptors (Lipinski definition) is 5. The summed E-state index contributed by atoms with van der Waals surface area (Å²) in [5.74, 6) is 1.96. The molecule has 7 heteroatoms. The van der Waals surface area contributed by atoms with Gasteiger partial charge in [-0.05, 0) is 92.7 Å². The zero-order valence-corrected chi connectivity index (χ0v) is 19.4. The van der Waals surface area contributed by atoms with Crippen LogP contribution in [-0.4, -0.2) is 33.7 Å². The number of aromatic nitrogens is 1. The van der Waals surface area contributed by atoms with Crippen LogP contribution in [-0.2, 0) is 0 Å². The molecule has 4 fully saturated rings. The molecular formula is C28H28N4O3. The Kier molecular flexibility index (Phi) is 5.28. The van der Waals surface area contributed by atoms with Gasteiger partial charge in [-0.1, -0.05) is 18.2 Å². The highest BCUT2D eigenvalue weighted by atomic mass is 16.3. The minimum atomic E-state index is -0.377. The molecule has 2 amide bonds. The molecule has 2 aromatic carbocycles. The van der Waals surface area contributed by atoms with E-state index in [0.717, 1.165) is 42.4 Å². The van der Waals surface area contributed by atoms with Crippen LogP contribution in [0.15, 0.2) is 59.7 Å². The van der Waals surface area contributed by atoms with Crippen molar-refractivity contribution in [3.8, 4) is 5.75 Å². The highest BCUT2D eigenvalue weighted by Crippen LogP contribution is 2.55. The van der Waals surface area contributed by atoms with Crippen molar-refractivity contribution in [3.63, 3.8) is 0 Å². The van der Waals surface area contributed by atoms with E-state index in [9.17, 15) is 14.7 Å². The number of amides is 2. The molecule has 7 nitrogen and oxygen atoms in total. The van der Waals surface area contributed by atoms with Crippen molar-refractivity contribution in [2.45, 2.75) is 44.1 Å². The quantitative estimate of drug-likeness (QED) is 0.381. The van der Waals surface area contributed by atoms with Gasteiger partial charge in [0.2, 0.25) is 0 Å². The molecule has 0 aliphatic heterocycles. The molecule has 1 heterocycles. The highest BCUT2D eigenvalue weighted by molar-refractivity contribution is 5.98. The fourth-order valence-corrected chi connectivity index (χ4v) is 6.79. The van der Waals surface area contributed by atoms with Crippen LogP contribution in [0.5, 0.6) is 5.75 Å². The first-order chi connectivity index (χ1) is 17.0. The monoisotopic (exact) mass is 468 g/mol. The molecule has 0 atom stereocenters. The number of aromatic hydroxyl groups is 1. The largest absolute Gasteiger partial charge is 0.506 e. The fraction of sp³-hybridized carbons (Fsp3) is 0.357. The Morgan fingerprint density at radius 3 is 2.17 bits per heavy atom. The fourth-order valence-electron chi connectivity index (χ4n) is 6.79. The summed E-state index contributed by atoms with van der Waals surface area (Å²) in [6.45, 7) is 0. The van der Waals surface area contributed by atoms with Crippen LogP contribution >= 0.6 is 0 Å². The average molecular weight is 469 g/mol. The predicted molar refractivity (Wildman–Crippen MR) is 133 cm³/mol. The van der Waals surface area contributed by atoms with E-state index < -0.39 is 0 Å². The number of rotatable bonds is 5. The number of hydrogen-bond donors (Lipinski definition) is 3. The van der Waals surface area contributed by atoms with Crippen LogP contribution in [0, 0.1) is 17.8 Å². The molecule has 0 radical (unpaired) electrons. The molecule has 4 aliphatic rings. The van der Waals surface area contributed by atoms with Gasteiger partial charge in [0, 0.05) is 22.1 Å². The van der Waals surface area contributed by atoms with Crippen LogP contribution in [0.1, 0.15) is 64.9 Å². The molecule has 0 unspecified atom stereocenters. The normalized spacial score (nSPS) is 26.8. The van der Waals surface area contributed by atoms with E-state index in [1.54, 1.807) is 42.5 Å². The second kappa shape index (κ2) is 8.48. The molecular weight excluding hydrogens is 440 g/mol. The summed E-state index contributed by atoms with van der Waals surface area (Å²) in [7, 11) is 0. The molecule has 3 aromatic rings. The first-order valence-electron chi connectivity index (χ1n) is 12.3. The van der Waals surface area contributed by atoms with E-state index >= 15 is 0 Å². The van der Waals surface area contributed by atoms with Gasteiger partial charge in [0.15, 0.2) is 0 Å². The maximum absolute atomic E-state index is 13.0. The number of phenolic OH excluding ortho intramolecular Hbond substituents is 1. The third kappa shape index (κ3) is 4.27. The van der Waals surface area contributed by atoms with Crippen molar-refractivity contribution in [2.24, 2.45) is 22.9 Å². The molecule has 0 spiro atoms. The lowest BCUT2D eigenvalue weighted by molar-refractivity contribution is -0.0167. The molecule has 1 aromatic heterocycles. The Bertz CT molecular complexity index is 1300. The van der Waals surface area contributed by atoms with E-state index in [2.05, 4.69) is 20.8 Å². The van der Waals surface area contributed by atoms with Gasteiger partial charge in [-0.15, -0.1) is 0 Å². The van der Waals surface area contributed by atoms with Crippen molar-refractivity contribution in [1.29, 1.82) is 0 Å². The van der Waals surface area contributed by atoms with Crippen LogP contribution < -0.4 is 10.7 Å². The van der Waals surface area contributed by atoms with E-state index in [0.29, 0.717) is 22.3 Å². The summed E-state index contributed by atoms with van der Waals surface area (Å²) < 4.78 is 0. The van der Waals surface area contributed by atoms with Gasteiger partial charge in [0.1, 0.15) is 11.3 Å². The van der Waals surface area contributed by atoms with Gasteiger partial charge in [0.25, 0.3) is 11.8 Å². The number of hydrazone groups is 1. The van der Waals surface area contributed by atoms with Gasteiger partial charge in [0.05, 0.1) is 11.9 Å². The lowest BCUT2D eigenvalue weighted by Gasteiger charge is -2.56. The minimum Gasteiger partial charge on any atom is -0.506 e. The molecule has 3 N–H and O–H groups in total. The third-order valence-electron chi connectivity index (χ3n) is 7.91. The van der Waals surface area contributed by atoms with Crippen LogP contribution in [0.3, 0.4) is 0 Å². The summed E-state index contributed by atoms with van der Waals surface area (Å²) in [6, 6.07) is 15.5. The number of pyridine rings is 1. The minimum absolute atomic E-state index is 0.0375. The number of phenols is 1. The average Bonchev–Trinajstić information content (AvgIpc) is 2.83. The second-order valence-corrected chi connectivity index (χ2v) is 10.5. The molecule has 4 aliphatic carbocycles. The summed E-state index contributed by atoms with van der Waals surface area (Å²) in [5.41, 5.74) is 4.42. The SMILES string of the molecule is O=C(N/N=C/c1ccc2cccc(O)c2n1)c1ccc(C(=O)NC23CC4CC(CC(C4)C2)C3)cc1. The summed E-state index contributed by atoms with van der Waals surface area (Å²) >= 11 is 0. The number of nitrogens with zero attached hydrogens (tertiary/aromatic N) is 2. The van der Waals surface area contributed by atoms with Crippen molar-refractivity contribution < 1.29 is 14.7 Å². The molecule has 0 saturated heterocycles.